The van der Waals surface area contributed by atoms with E-state index >= 15 is 0 Å². The summed E-state index contributed by atoms with van der Waals surface area (Å²) in [6.07, 6.45) is 0.572. The van der Waals surface area contributed by atoms with Crippen molar-refractivity contribution >= 4 is 11.9 Å². The molecule has 0 aromatic heterocycles. The van der Waals surface area contributed by atoms with Crippen molar-refractivity contribution in [2.75, 3.05) is 20.3 Å². The van der Waals surface area contributed by atoms with Crippen molar-refractivity contribution in [1.82, 2.24) is 0 Å². The first kappa shape index (κ1) is 14.5. The van der Waals surface area contributed by atoms with E-state index in [1.807, 2.05) is 30.3 Å². The molecular weight excluding hydrogens is 258 g/mol. The number of hydrogen-bond acceptors (Lipinski definition) is 4. The molecule has 0 saturated carbocycles. The second-order valence-corrected chi connectivity index (χ2v) is 4.85. The highest BCUT2D eigenvalue weighted by Crippen LogP contribution is 2.06. The molecule has 108 valence electrons. The molecule has 5 heteroatoms. The number of esters is 2. The normalized spacial score (nSPS) is 21.9. The third kappa shape index (κ3) is 3.36. The Morgan fingerprint density at radius 3 is 2.65 bits per heavy atom. The molecule has 1 fully saturated rings. The highest BCUT2D eigenvalue weighted by molar-refractivity contribution is 5.78. The van der Waals surface area contributed by atoms with Gasteiger partial charge < -0.3 is 14.4 Å². The van der Waals surface area contributed by atoms with Gasteiger partial charge in [-0.2, -0.15) is 0 Å². The van der Waals surface area contributed by atoms with Crippen LogP contribution >= 0.6 is 0 Å². The first-order valence-corrected chi connectivity index (χ1v) is 6.81. The molecule has 0 aliphatic carbocycles. The van der Waals surface area contributed by atoms with E-state index in [0.29, 0.717) is 19.6 Å². The van der Waals surface area contributed by atoms with Crippen LogP contribution in [0.1, 0.15) is 12.5 Å². The van der Waals surface area contributed by atoms with Gasteiger partial charge in [-0.05, 0) is 12.5 Å². The lowest BCUT2D eigenvalue weighted by atomic mass is 10.1. The molecule has 5 nitrogen and oxygen atoms in total. The Kier molecular flexibility index (Phi) is 4.74. The number of rotatable bonds is 6. The minimum absolute atomic E-state index is 0.238. The Hall–Kier alpha value is -1.88. The number of hydrogen-bond donors (Lipinski definition) is 1. The monoisotopic (exact) mass is 278 g/mol. The van der Waals surface area contributed by atoms with Crippen LogP contribution in [0.5, 0.6) is 0 Å². The number of ether oxygens (including phenoxy) is 2. The maximum Gasteiger partial charge on any atom is 0.370 e. The van der Waals surface area contributed by atoms with Crippen molar-refractivity contribution < 1.29 is 24.0 Å². The van der Waals surface area contributed by atoms with E-state index in [0.717, 1.165) is 10.5 Å². The maximum absolute atomic E-state index is 12.1. The highest BCUT2D eigenvalue weighted by atomic mass is 16.5. The van der Waals surface area contributed by atoms with Crippen LogP contribution in [0, 0.1) is 0 Å². The van der Waals surface area contributed by atoms with Gasteiger partial charge in [0.25, 0.3) is 0 Å². The summed E-state index contributed by atoms with van der Waals surface area (Å²) >= 11 is 0. The summed E-state index contributed by atoms with van der Waals surface area (Å²) in [4.78, 5) is 24.5. The lowest BCUT2D eigenvalue weighted by Crippen LogP contribution is -3.02. The van der Waals surface area contributed by atoms with E-state index in [1.54, 1.807) is 6.92 Å². The van der Waals surface area contributed by atoms with Crippen LogP contribution in [0.2, 0.25) is 0 Å². The van der Waals surface area contributed by atoms with E-state index < -0.39 is 0 Å². The van der Waals surface area contributed by atoms with Crippen LogP contribution < -0.4 is 4.90 Å². The van der Waals surface area contributed by atoms with Gasteiger partial charge in [0.15, 0.2) is 6.04 Å². The van der Waals surface area contributed by atoms with Crippen LogP contribution in [0.3, 0.4) is 0 Å². The van der Waals surface area contributed by atoms with Gasteiger partial charge >= 0.3 is 11.9 Å². The molecule has 1 heterocycles. The molecule has 1 unspecified atom stereocenters. The summed E-state index contributed by atoms with van der Waals surface area (Å²) in [6, 6.07) is 9.18. The number of benzene rings is 1. The summed E-state index contributed by atoms with van der Waals surface area (Å²) in [5.74, 6) is -0.514. The summed E-state index contributed by atoms with van der Waals surface area (Å²) in [5.41, 5.74) is 1.06. The van der Waals surface area contributed by atoms with Crippen molar-refractivity contribution in [2.24, 2.45) is 0 Å². The van der Waals surface area contributed by atoms with Crippen molar-refractivity contribution in [2.45, 2.75) is 25.4 Å². The minimum atomic E-state index is -0.346. The van der Waals surface area contributed by atoms with Gasteiger partial charge in [-0.15, -0.1) is 0 Å². The SMILES string of the molecule is CCOC(=O)[C@H](Cc1ccccc1)[NH+]1C[C@H]1C(=O)OC. The fourth-order valence-corrected chi connectivity index (χ4v) is 2.40. The van der Waals surface area contributed by atoms with Crippen LogP contribution in [0.4, 0.5) is 0 Å². The van der Waals surface area contributed by atoms with Crippen LogP contribution in [-0.4, -0.2) is 44.3 Å². The van der Waals surface area contributed by atoms with Gasteiger partial charge in [-0.25, -0.2) is 9.59 Å². The molecule has 3 atom stereocenters. The van der Waals surface area contributed by atoms with Crippen molar-refractivity contribution in [3.8, 4) is 0 Å². The summed E-state index contributed by atoms with van der Waals surface area (Å²) in [5, 5.41) is 0. The second-order valence-electron chi connectivity index (χ2n) is 4.85. The molecule has 2 rings (SSSR count). The van der Waals surface area contributed by atoms with Gasteiger partial charge in [-0.1, -0.05) is 30.3 Å². The Morgan fingerprint density at radius 1 is 1.35 bits per heavy atom. The number of carbonyl (C=O) groups is 2. The number of quaternary nitrogens is 1. The smallest absolute Gasteiger partial charge is 0.370 e. The van der Waals surface area contributed by atoms with Gasteiger partial charge in [-0.3, -0.25) is 0 Å². The summed E-state index contributed by atoms with van der Waals surface area (Å²) in [7, 11) is 1.37. The van der Waals surface area contributed by atoms with Crippen LogP contribution in [0.15, 0.2) is 30.3 Å². The van der Waals surface area contributed by atoms with Crippen LogP contribution in [-0.2, 0) is 25.5 Å². The lowest BCUT2D eigenvalue weighted by Gasteiger charge is -2.14. The first-order chi connectivity index (χ1) is 9.67. The standard InChI is InChI=1S/C15H19NO4/c1-3-20-15(18)12(9-11-7-5-4-6-8-11)16-10-13(16)14(17)19-2/h4-8,12-13H,3,9-10H2,1-2H3/p+1/t12-,13-,16?/m0/s1. The average Bonchev–Trinajstić information content (AvgIpc) is 3.25. The van der Waals surface area contributed by atoms with Crippen molar-refractivity contribution in [3.63, 3.8) is 0 Å². The quantitative estimate of drug-likeness (QED) is 0.568. The molecule has 1 aliphatic heterocycles. The Labute approximate surface area is 118 Å². The molecule has 0 spiro atoms. The summed E-state index contributed by atoms with van der Waals surface area (Å²) < 4.78 is 9.86. The fourth-order valence-electron chi connectivity index (χ4n) is 2.40. The fraction of sp³-hybridized carbons (Fsp3) is 0.467. The molecule has 0 radical (unpaired) electrons. The molecule has 1 N–H and O–H groups in total. The van der Waals surface area contributed by atoms with Gasteiger partial charge in [0.05, 0.1) is 13.7 Å². The number of carbonyl (C=O) groups excluding carboxylic acids is 2. The zero-order valence-electron chi connectivity index (χ0n) is 11.8. The zero-order valence-corrected chi connectivity index (χ0v) is 11.8. The third-order valence-electron chi connectivity index (χ3n) is 3.51. The number of methoxy groups -OCH3 is 1. The lowest BCUT2D eigenvalue weighted by molar-refractivity contribution is -0.789. The molecule has 1 aromatic rings. The molecule has 0 bridgehead atoms. The third-order valence-corrected chi connectivity index (χ3v) is 3.51. The topological polar surface area (TPSA) is 57.0 Å². The predicted octanol–water partition coefficient (Wildman–Crippen LogP) is -0.399. The summed E-state index contributed by atoms with van der Waals surface area (Å²) in [6.45, 7) is 2.76. The van der Waals surface area contributed by atoms with E-state index in [9.17, 15) is 9.59 Å². The molecule has 1 saturated heterocycles. The maximum atomic E-state index is 12.1. The first-order valence-electron chi connectivity index (χ1n) is 6.81. The average molecular weight is 278 g/mol. The molecule has 1 aliphatic rings. The largest absolute Gasteiger partial charge is 0.464 e. The van der Waals surface area contributed by atoms with Crippen molar-refractivity contribution in [1.29, 1.82) is 0 Å². The molecule has 1 aromatic carbocycles. The van der Waals surface area contributed by atoms with E-state index in [-0.39, 0.29) is 24.0 Å². The van der Waals surface area contributed by atoms with Gasteiger partial charge in [0, 0.05) is 6.42 Å². The molecule has 0 amide bonds. The van der Waals surface area contributed by atoms with Gasteiger partial charge in [0.2, 0.25) is 6.04 Å². The van der Waals surface area contributed by atoms with E-state index in [1.165, 1.54) is 7.11 Å². The minimum Gasteiger partial charge on any atom is -0.464 e. The Morgan fingerprint density at radius 2 is 2.05 bits per heavy atom. The van der Waals surface area contributed by atoms with Crippen LogP contribution in [0.25, 0.3) is 0 Å². The van der Waals surface area contributed by atoms with Gasteiger partial charge in [0.1, 0.15) is 6.54 Å². The Balaban J connectivity index is 2.06. The predicted molar refractivity (Wildman–Crippen MR) is 72.2 cm³/mol. The molecule has 20 heavy (non-hydrogen) atoms. The zero-order chi connectivity index (χ0) is 14.5. The van der Waals surface area contributed by atoms with Crippen molar-refractivity contribution in [3.05, 3.63) is 35.9 Å². The number of nitrogens with one attached hydrogen (secondary N) is 1. The Bertz CT molecular complexity index is 474. The molecular formula is C15H20NO4+. The second kappa shape index (κ2) is 6.52. The van der Waals surface area contributed by atoms with E-state index in [2.05, 4.69) is 0 Å². The van der Waals surface area contributed by atoms with E-state index in [4.69, 9.17) is 9.47 Å². The highest BCUT2D eigenvalue weighted by Gasteiger charge is 2.54.